The zero-order valence-corrected chi connectivity index (χ0v) is 14.0. The normalized spacial score (nSPS) is 10.3. The first-order chi connectivity index (χ1) is 11.5. The summed E-state index contributed by atoms with van der Waals surface area (Å²) >= 11 is 0. The molecule has 0 aliphatic rings. The number of aryl methyl sites for hydroxylation is 1. The molecule has 7 heteroatoms. The molecule has 0 bridgehead atoms. The molecule has 2 aromatic rings. The zero-order chi connectivity index (χ0) is 17.5. The van der Waals surface area contributed by atoms with Crippen LogP contribution in [0.2, 0.25) is 0 Å². The molecule has 0 fully saturated rings. The van der Waals surface area contributed by atoms with E-state index in [1.165, 1.54) is 0 Å². The summed E-state index contributed by atoms with van der Waals surface area (Å²) in [6, 6.07) is 8.68. The van der Waals surface area contributed by atoms with E-state index >= 15 is 0 Å². The molecule has 0 saturated heterocycles. The summed E-state index contributed by atoms with van der Waals surface area (Å²) in [6.07, 6.45) is 0. The van der Waals surface area contributed by atoms with Crippen LogP contribution >= 0.6 is 0 Å². The predicted molar refractivity (Wildman–Crippen MR) is 90.2 cm³/mol. The van der Waals surface area contributed by atoms with Crippen LogP contribution in [0, 0.1) is 6.92 Å². The Labute approximate surface area is 140 Å². The van der Waals surface area contributed by atoms with E-state index in [0.29, 0.717) is 11.3 Å². The highest BCUT2D eigenvalue weighted by Gasteiger charge is 2.12. The Balaban J connectivity index is 1.86. The Morgan fingerprint density at radius 2 is 1.88 bits per heavy atom. The van der Waals surface area contributed by atoms with E-state index in [0.717, 1.165) is 18.8 Å². The highest BCUT2D eigenvalue weighted by molar-refractivity contribution is 5.95. The second-order valence-corrected chi connectivity index (χ2v) is 5.18. The largest absolute Gasteiger partial charge is 0.452 e. The second kappa shape index (κ2) is 8.14. The molecular formula is C17H21N3O4. The number of nitrogens with one attached hydrogen (secondary N) is 1. The quantitative estimate of drug-likeness (QED) is 0.785. The summed E-state index contributed by atoms with van der Waals surface area (Å²) in [5.74, 6) is -0.818. The number of ether oxygens (including phenoxy) is 1. The smallest absolute Gasteiger partial charge is 0.338 e. The van der Waals surface area contributed by atoms with Crippen molar-refractivity contribution in [2.45, 2.75) is 20.8 Å². The lowest BCUT2D eigenvalue weighted by Gasteiger charge is -2.20. The van der Waals surface area contributed by atoms with Crippen LogP contribution in [-0.4, -0.2) is 36.7 Å². The molecule has 0 atom stereocenters. The topological polar surface area (TPSA) is 84.7 Å². The summed E-state index contributed by atoms with van der Waals surface area (Å²) in [6.45, 7) is 7.27. The van der Waals surface area contributed by atoms with E-state index in [2.05, 4.69) is 29.2 Å². The van der Waals surface area contributed by atoms with Gasteiger partial charge >= 0.3 is 5.97 Å². The standard InChI is InChI=1S/C17H21N3O4/c1-4-20(5-2)14-8-6-13(7-9-14)17(22)23-11-15(21)18-16-10-12(3)19-24-16/h6-10H,4-5,11H2,1-3H3,(H,18,21). The van der Waals surface area contributed by atoms with Crippen LogP contribution in [0.1, 0.15) is 29.9 Å². The van der Waals surface area contributed by atoms with E-state index in [4.69, 9.17) is 9.26 Å². The fourth-order valence-electron chi connectivity index (χ4n) is 2.21. The maximum atomic E-state index is 12.0. The minimum atomic E-state index is -0.551. The molecule has 1 aromatic carbocycles. The summed E-state index contributed by atoms with van der Waals surface area (Å²) in [5.41, 5.74) is 2.08. The van der Waals surface area contributed by atoms with Crippen LogP contribution in [0.15, 0.2) is 34.9 Å². The van der Waals surface area contributed by atoms with E-state index in [-0.39, 0.29) is 5.88 Å². The van der Waals surface area contributed by atoms with Crippen LogP contribution in [0.3, 0.4) is 0 Å². The Morgan fingerprint density at radius 3 is 2.42 bits per heavy atom. The third kappa shape index (κ3) is 4.58. The number of nitrogens with zero attached hydrogens (tertiary/aromatic N) is 2. The van der Waals surface area contributed by atoms with Gasteiger partial charge in [-0.25, -0.2) is 4.79 Å². The van der Waals surface area contributed by atoms with Gasteiger partial charge in [-0.15, -0.1) is 0 Å². The Bertz CT molecular complexity index is 690. The highest BCUT2D eigenvalue weighted by atomic mass is 16.5. The molecule has 0 spiro atoms. The van der Waals surface area contributed by atoms with Crippen LogP contribution < -0.4 is 10.2 Å². The Morgan fingerprint density at radius 1 is 1.21 bits per heavy atom. The number of aromatic nitrogens is 1. The van der Waals surface area contributed by atoms with E-state index in [1.54, 1.807) is 25.1 Å². The van der Waals surface area contributed by atoms with Crippen molar-refractivity contribution in [3.05, 3.63) is 41.6 Å². The SMILES string of the molecule is CCN(CC)c1ccc(C(=O)OCC(=O)Nc2cc(C)no2)cc1. The molecule has 1 heterocycles. The van der Waals surface area contributed by atoms with Gasteiger partial charge < -0.3 is 14.2 Å². The van der Waals surface area contributed by atoms with Crippen molar-refractivity contribution in [1.82, 2.24) is 5.16 Å². The van der Waals surface area contributed by atoms with Gasteiger partial charge in [0, 0.05) is 24.8 Å². The van der Waals surface area contributed by atoms with Crippen molar-refractivity contribution in [3.8, 4) is 0 Å². The van der Waals surface area contributed by atoms with Gasteiger partial charge in [-0.2, -0.15) is 0 Å². The molecule has 24 heavy (non-hydrogen) atoms. The van der Waals surface area contributed by atoms with Crippen molar-refractivity contribution in [1.29, 1.82) is 0 Å². The van der Waals surface area contributed by atoms with Gasteiger partial charge in [0.25, 0.3) is 5.91 Å². The number of anilines is 2. The summed E-state index contributed by atoms with van der Waals surface area (Å²) in [5, 5.41) is 6.10. The molecule has 0 aliphatic carbocycles. The second-order valence-electron chi connectivity index (χ2n) is 5.18. The van der Waals surface area contributed by atoms with Gasteiger partial charge in [0.2, 0.25) is 5.88 Å². The molecule has 0 radical (unpaired) electrons. The lowest BCUT2D eigenvalue weighted by molar-refractivity contribution is -0.119. The molecule has 128 valence electrons. The number of benzene rings is 1. The van der Waals surface area contributed by atoms with Crippen molar-refractivity contribution in [2.75, 3.05) is 29.9 Å². The monoisotopic (exact) mass is 331 g/mol. The first kappa shape index (κ1) is 17.5. The molecule has 0 saturated carbocycles. The number of carbonyl (C=O) groups is 2. The third-order valence-corrected chi connectivity index (χ3v) is 3.46. The number of esters is 1. The molecule has 2 rings (SSSR count). The molecule has 0 aliphatic heterocycles. The van der Waals surface area contributed by atoms with Gasteiger partial charge in [-0.3, -0.25) is 10.1 Å². The maximum Gasteiger partial charge on any atom is 0.338 e. The van der Waals surface area contributed by atoms with Gasteiger partial charge in [-0.05, 0) is 45.0 Å². The van der Waals surface area contributed by atoms with E-state index in [1.807, 2.05) is 12.1 Å². The highest BCUT2D eigenvalue weighted by Crippen LogP contribution is 2.15. The summed E-state index contributed by atoms with van der Waals surface area (Å²) in [4.78, 5) is 25.8. The third-order valence-electron chi connectivity index (χ3n) is 3.46. The zero-order valence-electron chi connectivity index (χ0n) is 14.0. The summed E-state index contributed by atoms with van der Waals surface area (Å²) < 4.78 is 9.85. The number of hydrogen-bond donors (Lipinski definition) is 1. The first-order valence-corrected chi connectivity index (χ1v) is 7.78. The molecular weight excluding hydrogens is 310 g/mol. The van der Waals surface area contributed by atoms with E-state index < -0.39 is 18.5 Å². The fourth-order valence-corrected chi connectivity index (χ4v) is 2.21. The van der Waals surface area contributed by atoms with Crippen LogP contribution in [-0.2, 0) is 9.53 Å². The van der Waals surface area contributed by atoms with Crippen molar-refractivity contribution in [2.24, 2.45) is 0 Å². The Kier molecular flexibility index (Phi) is 5.95. The number of rotatable bonds is 7. The van der Waals surface area contributed by atoms with Gasteiger partial charge in [0.05, 0.1) is 11.3 Å². The lowest BCUT2D eigenvalue weighted by Crippen LogP contribution is -2.22. The number of amides is 1. The fraction of sp³-hybridized carbons (Fsp3) is 0.353. The summed E-state index contributed by atoms with van der Waals surface area (Å²) in [7, 11) is 0. The van der Waals surface area contributed by atoms with Crippen LogP contribution in [0.25, 0.3) is 0 Å². The van der Waals surface area contributed by atoms with Crippen LogP contribution in [0.4, 0.5) is 11.6 Å². The minimum absolute atomic E-state index is 0.220. The lowest BCUT2D eigenvalue weighted by atomic mass is 10.2. The van der Waals surface area contributed by atoms with Crippen LogP contribution in [0.5, 0.6) is 0 Å². The van der Waals surface area contributed by atoms with Gasteiger partial charge in [0.1, 0.15) is 0 Å². The molecule has 7 nitrogen and oxygen atoms in total. The molecule has 1 N–H and O–H groups in total. The average Bonchev–Trinajstić information content (AvgIpc) is 2.99. The van der Waals surface area contributed by atoms with Crippen molar-refractivity contribution >= 4 is 23.4 Å². The molecule has 1 aromatic heterocycles. The van der Waals surface area contributed by atoms with Gasteiger partial charge in [0.15, 0.2) is 6.61 Å². The Hall–Kier alpha value is -2.83. The maximum absolute atomic E-state index is 12.0. The van der Waals surface area contributed by atoms with E-state index in [9.17, 15) is 9.59 Å². The van der Waals surface area contributed by atoms with Crippen molar-refractivity contribution < 1.29 is 18.8 Å². The molecule has 0 unspecified atom stereocenters. The predicted octanol–water partition coefficient (Wildman–Crippen LogP) is 2.62. The minimum Gasteiger partial charge on any atom is -0.452 e. The van der Waals surface area contributed by atoms with Gasteiger partial charge in [-0.1, -0.05) is 5.16 Å². The average molecular weight is 331 g/mol. The molecule has 1 amide bonds. The number of hydrogen-bond acceptors (Lipinski definition) is 6. The van der Waals surface area contributed by atoms with Crippen molar-refractivity contribution in [3.63, 3.8) is 0 Å². The number of carbonyl (C=O) groups excluding carboxylic acids is 2. The first-order valence-electron chi connectivity index (χ1n) is 7.78.